The maximum Gasteiger partial charge on any atom is 0.394 e. The van der Waals surface area contributed by atoms with Gasteiger partial charge in [0, 0.05) is 79.8 Å². The lowest BCUT2D eigenvalue weighted by molar-refractivity contribution is -0.156. The molecule has 1 aliphatic rings. The van der Waals surface area contributed by atoms with Gasteiger partial charge in [-0.25, -0.2) is 4.79 Å². The van der Waals surface area contributed by atoms with Gasteiger partial charge < -0.3 is 33.0 Å². The van der Waals surface area contributed by atoms with Crippen LogP contribution in [-0.4, -0.2) is 62.4 Å². The van der Waals surface area contributed by atoms with Crippen molar-refractivity contribution in [3.8, 4) is 68.1 Å². The number of carbonyl (C=O) groups excluding carboxylic acids is 1. The Labute approximate surface area is 596 Å². The first-order valence-electron chi connectivity index (χ1n) is 37.9. The summed E-state index contributed by atoms with van der Waals surface area (Å²) in [6.45, 7) is 9.64. The molecule has 11 rings (SSSR count). The maximum absolute atomic E-state index is 14.3. The highest BCUT2D eigenvalue weighted by Crippen LogP contribution is 2.43. The van der Waals surface area contributed by atoms with E-state index in [1.807, 2.05) is 48.5 Å². The first kappa shape index (κ1) is 72.9. The lowest BCUT2D eigenvalue weighted by Gasteiger charge is -2.31. The summed E-state index contributed by atoms with van der Waals surface area (Å²) < 4.78 is 24.0. The molecule has 1 amide bonds. The van der Waals surface area contributed by atoms with E-state index >= 15 is 0 Å². The molecule has 2 bridgehead atoms. The number of carboxylic acid groups (broad SMARTS) is 1. The van der Waals surface area contributed by atoms with Crippen molar-refractivity contribution in [2.45, 2.75) is 246 Å². The molecule has 17 heteroatoms. The molecule has 0 atom stereocenters. The van der Waals surface area contributed by atoms with E-state index in [4.69, 9.17) is 38.0 Å². The van der Waals surface area contributed by atoms with Crippen LogP contribution in [0.15, 0.2) is 145 Å². The highest BCUT2D eigenvalue weighted by molar-refractivity contribution is 6.31. The summed E-state index contributed by atoms with van der Waals surface area (Å²) in [6.07, 6.45) is 32.3. The van der Waals surface area contributed by atoms with E-state index in [0.717, 1.165) is 145 Å². The van der Waals surface area contributed by atoms with Gasteiger partial charge in [0.05, 0.1) is 0 Å². The predicted molar refractivity (Wildman–Crippen MR) is 397 cm³/mol. The zero-order chi connectivity index (χ0) is 70.0. The molecule has 17 nitrogen and oxygen atoms in total. The number of anilines is 1. The van der Waals surface area contributed by atoms with Gasteiger partial charge in [0.15, 0.2) is 23.3 Å². The Morgan fingerprint density at radius 1 is 0.386 bits per heavy atom. The predicted octanol–water partition coefficient (Wildman–Crippen LogP) is 20.8. The highest BCUT2D eigenvalue weighted by Gasteiger charge is 2.29. The zero-order valence-corrected chi connectivity index (χ0v) is 60.0. The number of carboxylic acids is 1. The number of fused-ring (bicyclic) bond motifs is 4. The minimum Gasteiger partial charge on any atom is -0.474 e. The van der Waals surface area contributed by atoms with Gasteiger partial charge in [-0.1, -0.05) is 262 Å². The fourth-order valence-electron chi connectivity index (χ4n) is 13.9. The van der Waals surface area contributed by atoms with Crippen molar-refractivity contribution in [3.63, 3.8) is 0 Å². The number of rotatable bonds is 42. The molecule has 101 heavy (non-hydrogen) atoms. The van der Waals surface area contributed by atoms with Crippen LogP contribution >= 0.6 is 0 Å². The number of amides is 1. The number of aliphatic carboxylic acids is 1. The lowest BCUT2D eigenvalue weighted by Crippen LogP contribution is -2.36. The summed E-state index contributed by atoms with van der Waals surface area (Å²) in [4.78, 5) is 50.8. The fourth-order valence-corrected chi connectivity index (χ4v) is 13.9. The van der Waals surface area contributed by atoms with Gasteiger partial charge in [0.2, 0.25) is 0 Å². The van der Waals surface area contributed by atoms with Crippen LogP contribution in [0.5, 0.6) is 0 Å². The first-order chi connectivity index (χ1) is 49.6. The standard InChI is InChI=1S/C84H102N10O7/c1-5-9-13-17-21-28-34-74-85-79(98-89-74)63-42-38-60(39-43-63)56-93(58-68-50-53-72(82-88-77(92-101-82)37-31-24-20-16-12-8-4)78-66-49-51-70(62-32-26-25-27-33-62)65(54-66)48-52-71(68)78)73-55-67(81-87-76(91-100-81)36-30-23-19-15-11-7-3)46-47-69(73)59-94(83(95)84(96)97)57-61-40-44-64(45-41-61)80-86-75(90-99-80)35-29-22-18-14-10-6-2/h25-27,32-33,38-47,49-51,53-55H,5-24,28-31,34-37,48,52,56-59H2,1-4H3,(H,96,97). The van der Waals surface area contributed by atoms with Crippen molar-refractivity contribution in [3.05, 3.63) is 184 Å². The van der Waals surface area contributed by atoms with Crippen LogP contribution in [0.25, 0.3) is 68.1 Å². The second-order valence-corrected chi connectivity index (χ2v) is 27.6. The number of aromatic nitrogens is 8. The Morgan fingerprint density at radius 3 is 1.32 bits per heavy atom. The minimum atomic E-state index is -1.56. The minimum absolute atomic E-state index is 0.00223. The number of aryl methyl sites for hydroxylation is 5. The van der Waals surface area contributed by atoms with E-state index < -0.39 is 11.9 Å². The molecular formula is C84H102N10O7. The Kier molecular flexibility index (Phi) is 27.3. The summed E-state index contributed by atoms with van der Waals surface area (Å²) in [5.74, 6) is 1.87. The van der Waals surface area contributed by atoms with Crippen LogP contribution in [0.3, 0.4) is 0 Å². The molecule has 10 aromatic rings. The Bertz CT molecular complexity index is 4190. The number of benzene rings is 6. The second-order valence-electron chi connectivity index (χ2n) is 27.6. The van der Waals surface area contributed by atoms with Crippen molar-refractivity contribution >= 4 is 17.6 Å². The third-order valence-corrected chi connectivity index (χ3v) is 19.7. The van der Waals surface area contributed by atoms with E-state index in [1.54, 1.807) is 0 Å². The fraction of sp³-hybridized carbons (Fsp3) is 0.452. The largest absolute Gasteiger partial charge is 0.474 e. The molecule has 1 aliphatic carbocycles. The summed E-state index contributed by atoms with van der Waals surface area (Å²) in [5.41, 5.74) is 14.2. The van der Waals surface area contributed by atoms with Crippen LogP contribution in [0.2, 0.25) is 0 Å². The van der Waals surface area contributed by atoms with Crippen molar-refractivity contribution in [1.29, 1.82) is 0 Å². The van der Waals surface area contributed by atoms with Crippen molar-refractivity contribution < 1.29 is 32.8 Å². The van der Waals surface area contributed by atoms with E-state index in [1.165, 1.54) is 112 Å². The first-order valence-corrected chi connectivity index (χ1v) is 37.9. The van der Waals surface area contributed by atoms with Gasteiger partial charge in [-0.05, 0) is 137 Å². The van der Waals surface area contributed by atoms with Crippen LogP contribution in [0, 0.1) is 0 Å². The lowest BCUT2D eigenvalue weighted by atomic mass is 9.89. The Morgan fingerprint density at radius 2 is 0.812 bits per heavy atom. The zero-order valence-electron chi connectivity index (χ0n) is 60.0. The quantitative estimate of drug-likeness (QED) is 0.0278. The molecule has 0 aliphatic heterocycles. The van der Waals surface area contributed by atoms with Crippen molar-refractivity contribution in [2.75, 3.05) is 4.90 Å². The van der Waals surface area contributed by atoms with Gasteiger partial charge in [0.1, 0.15) is 0 Å². The molecule has 1 N–H and O–H groups in total. The van der Waals surface area contributed by atoms with Crippen LogP contribution in [0.4, 0.5) is 5.69 Å². The number of hydrogen-bond acceptors (Lipinski definition) is 15. The van der Waals surface area contributed by atoms with Gasteiger partial charge in [-0.15, -0.1) is 0 Å². The molecule has 4 aromatic heterocycles. The van der Waals surface area contributed by atoms with E-state index in [-0.39, 0.29) is 13.1 Å². The maximum atomic E-state index is 14.3. The van der Waals surface area contributed by atoms with Crippen LogP contribution in [0.1, 0.15) is 238 Å². The van der Waals surface area contributed by atoms with Gasteiger partial charge in [-0.3, -0.25) is 4.79 Å². The monoisotopic (exact) mass is 1360 g/mol. The molecule has 530 valence electrons. The summed E-state index contributed by atoms with van der Waals surface area (Å²) in [5, 5.41) is 28.4. The van der Waals surface area contributed by atoms with Gasteiger partial charge in [0.25, 0.3) is 23.6 Å². The number of hydrogen-bond donors (Lipinski definition) is 1. The van der Waals surface area contributed by atoms with Crippen molar-refractivity contribution in [1.82, 2.24) is 45.5 Å². The third kappa shape index (κ3) is 20.4. The molecule has 0 fully saturated rings. The SMILES string of the molecule is CCCCCCCCc1noc(-c2ccc(CN(Cc3ccc(-c4nc(CCCCCCCC)no4)cc3N(Cc3ccc(-c4nc(CCCCCCCC)no4)cc3)Cc3ccc(-c4nc(CCCCCCCC)no4)c4c3CCc3cc-4ccc3-c3ccccc3)C(=O)C(=O)O)cc2)n1. The molecule has 0 unspecified atom stereocenters. The molecule has 0 radical (unpaired) electrons. The average Bonchev–Trinajstić information content (AvgIpc) is 1.72. The Hall–Kier alpha value is -9.38. The molecular weight excluding hydrogens is 1260 g/mol. The molecule has 0 saturated heterocycles. The third-order valence-electron chi connectivity index (χ3n) is 19.7. The van der Waals surface area contributed by atoms with Crippen LogP contribution in [-0.2, 0) is 74.3 Å². The summed E-state index contributed by atoms with van der Waals surface area (Å²) in [6, 6.07) is 43.5. The van der Waals surface area contributed by atoms with E-state index in [0.29, 0.717) is 83.9 Å². The van der Waals surface area contributed by atoms with Gasteiger partial charge >= 0.3 is 11.9 Å². The summed E-state index contributed by atoms with van der Waals surface area (Å²) in [7, 11) is 0. The Balaban J connectivity index is 0.974. The molecule has 6 aromatic carbocycles. The normalized spacial score (nSPS) is 11.9. The van der Waals surface area contributed by atoms with E-state index in [2.05, 4.69) is 132 Å². The van der Waals surface area contributed by atoms with E-state index in [9.17, 15) is 14.7 Å². The van der Waals surface area contributed by atoms with Gasteiger partial charge in [-0.2, -0.15) is 19.9 Å². The van der Waals surface area contributed by atoms with Crippen molar-refractivity contribution in [2.24, 2.45) is 0 Å². The number of unbranched alkanes of at least 4 members (excludes halogenated alkanes) is 20. The molecule has 0 spiro atoms. The topological polar surface area (TPSA) is 217 Å². The summed E-state index contributed by atoms with van der Waals surface area (Å²) >= 11 is 0. The molecule has 4 heterocycles. The average molecular weight is 1360 g/mol. The molecule has 0 saturated carbocycles. The highest BCUT2D eigenvalue weighted by atomic mass is 16.5. The smallest absolute Gasteiger partial charge is 0.394 e. The van der Waals surface area contributed by atoms with Crippen LogP contribution < -0.4 is 4.90 Å². The second kappa shape index (κ2) is 37.9. The number of nitrogens with zero attached hydrogens (tertiary/aromatic N) is 10. The number of carbonyl (C=O) groups is 2.